The third kappa shape index (κ3) is 1.53. The summed E-state index contributed by atoms with van der Waals surface area (Å²) in [6.45, 7) is 3.91. The Labute approximate surface area is 102 Å². The van der Waals surface area contributed by atoms with Gasteiger partial charge in [-0.3, -0.25) is 0 Å². The van der Waals surface area contributed by atoms with Crippen molar-refractivity contribution < 1.29 is 0 Å². The molecule has 2 heterocycles. The molecule has 4 nitrogen and oxygen atoms in total. The lowest BCUT2D eigenvalue weighted by Crippen LogP contribution is -2.01. The standard InChI is InChI=1S/C7H6I2N4/c1-3-5(8)12-13-6(3)10-4(2)11-7(13)9/h1-2H3. The van der Waals surface area contributed by atoms with E-state index in [9.17, 15) is 0 Å². The summed E-state index contributed by atoms with van der Waals surface area (Å²) < 4.78 is 3.60. The molecule has 0 aromatic carbocycles. The Morgan fingerprint density at radius 1 is 1.15 bits per heavy atom. The molecule has 68 valence electrons. The van der Waals surface area contributed by atoms with Crippen LogP contribution in [0.25, 0.3) is 5.65 Å². The fourth-order valence-electron chi connectivity index (χ4n) is 1.08. The van der Waals surface area contributed by atoms with Gasteiger partial charge in [0.25, 0.3) is 0 Å². The Kier molecular flexibility index (Phi) is 2.43. The molecule has 0 aliphatic heterocycles. The van der Waals surface area contributed by atoms with Crippen LogP contribution in [-0.4, -0.2) is 19.6 Å². The minimum absolute atomic E-state index is 0.788. The molecule has 0 aliphatic rings. The van der Waals surface area contributed by atoms with Gasteiger partial charge in [-0.15, -0.1) is 0 Å². The highest BCUT2D eigenvalue weighted by Gasteiger charge is 2.10. The zero-order chi connectivity index (χ0) is 9.59. The van der Waals surface area contributed by atoms with Crippen molar-refractivity contribution in [2.45, 2.75) is 13.8 Å². The van der Waals surface area contributed by atoms with Crippen molar-refractivity contribution in [2.75, 3.05) is 0 Å². The van der Waals surface area contributed by atoms with Gasteiger partial charge in [-0.2, -0.15) is 9.61 Å². The number of nitrogens with zero attached hydrogens (tertiary/aromatic N) is 4. The molecule has 2 aromatic rings. The van der Waals surface area contributed by atoms with Crippen LogP contribution in [0.15, 0.2) is 0 Å². The van der Waals surface area contributed by atoms with Gasteiger partial charge in [0.15, 0.2) is 9.48 Å². The van der Waals surface area contributed by atoms with Crippen molar-refractivity contribution in [3.63, 3.8) is 0 Å². The summed E-state index contributed by atoms with van der Waals surface area (Å²) in [6, 6.07) is 0. The highest BCUT2D eigenvalue weighted by atomic mass is 127. The second-order valence-corrected chi connectivity index (χ2v) is 4.68. The van der Waals surface area contributed by atoms with Gasteiger partial charge in [0, 0.05) is 28.2 Å². The highest BCUT2D eigenvalue weighted by Crippen LogP contribution is 2.16. The Morgan fingerprint density at radius 3 is 2.54 bits per heavy atom. The van der Waals surface area contributed by atoms with E-state index in [1.165, 1.54) is 0 Å². The predicted octanol–water partition coefficient (Wildman–Crippen LogP) is 1.95. The zero-order valence-electron chi connectivity index (χ0n) is 7.04. The third-order valence-electron chi connectivity index (χ3n) is 1.73. The van der Waals surface area contributed by atoms with Crippen molar-refractivity contribution >= 4 is 50.8 Å². The van der Waals surface area contributed by atoms with E-state index < -0.39 is 0 Å². The molecule has 6 heteroatoms. The van der Waals surface area contributed by atoms with Crippen molar-refractivity contribution in [1.82, 2.24) is 19.6 Å². The third-order valence-corrected chi connectivity index (χ3v) is 3.45. The maximum absolute atomic E-state index is 4.34. The van der Waals surface area contributed by atoms with Crippen LogP contribution in [0.2, 0.25) is 0 Å². The number of aryl methyl sites for hydroxylation is 2. The molecule has 0 fully saturated rings. The van der Waals surface area contributed by atoms with Gasteiger partial charge in [-0.05, 0) is 36.4 Å². The Hall–Kier alpha value is 0.01000. The normalized spacial score (nSPS) is 11.1. The van der Waals surface area contributed by atoms with Gasteiger partial charge >= 0.3 is 0 Å². The number of rotatable bonds is 0. The molecule has 0 saturated heterocycles. The summed E-state index contributed by atoms with van der Waals surface area (Å²) in [4.78, 5) is 8.57. The van der Waals surface area contributed by atoms with Crippen LogP contribution >= 0.6 is 45.2 Å². The average molecular weight is 400 g/mol. The van der Waals surface area contributed by atoms with E-state index in [1.54, 1.807) is 4.52 Å². The molecule has 0 radical (unpaired) electrons. The van der Waals surface area contributed by atoms with E-state index >= 15 is 0 Å². The first-order valence-corrected chi connectivity index (χ1v) is 5.80. The molecule has 2 rings (SSSR count). The molecule has 0 amide bonds. The minimum Gasteiger partial charge on any atom is -0.214 e. The van der Waals surface area contributed by atoms with Crippen molar-refractivity contribution in [1.29, 1.82) is 0 Å². The van der Waals surface area contributed by atoms with E-state index in [2.05, 4.69) is 60.2 Å². The first kappa shape index (κ1) is 9.56. The largest absolute Gasteiger partial charge is 0.214 e. The summed E-state index contributed by atoms with van der Waals surface area (Å²) in [5, 5.41) is 4.32. The summed E-state index contributed by atoms with van der Waals surface area (Å²) in [6.07, 6.45) is 0. The number of aromatic nitrogens is 4. The van der Waals surface area contributed by atoms with Crippen molar-refractivity contribution in [3.8, 4) is 0 Å². The highest BCUT2D eigenvalue weighted by molar-refractivity contribution is 14.1. The summed E-state index contributed by atoms with van der Waals surface area (Å²) in [5.74, 6) is 0.788. The van der Waals surface area contributed by atoms with E-state index in [4.69, 9.17) is 0 Å². The molecule has 0 bridgehead atoms. The first-order valence-electron chi connectivity index (χ1n) is 3.64. The average Bonchev–Trinajstić information content (AvgIpc) is 2.32. The van der Waals surface area contributed by atoms with E-state index in [1.807, 2.05) is 13.8 Å². The van der Waals surface area contributed by atoms with Crippen LogP contribution in [0.4, 0.5) is 0 Å². The molecule has 0 N–H and O–H groups in total. The molecule has 2 aromatic heterocycles. The maximum atomic E-state index is 4.34. The first-order chi connectivity index (χ1) is 6.09. The van der Waals surface area contributed by atoms with E-state index in [0.29, 0.717) is 0 Å². The quantitative estimate of drug-likeness (QED) is 0.636. The van der Waals surface area contributed by atoms with Gasteiger partial charge in [0.1, 0.15) is 9.53 Å². The topological polar surface area (TPSA) is 43.1 Å². The molecule has 0 spiro atoms. The van der Waals surface area contributed by atoms with Gasteiger partial charge < -0.3 is 0 Å². The van der Waals surface area contributed by atoms with E-state index in [0.717, 1.165) is 24.6 Å². The Bertz CT molecular complexity index is 477. The molecule has 0 unspecified atom stereocenters. The monoisotopic (exact) mass is 400 g/mol. The number of halogens is 2. The molecular formula is C7H6I2N4. The number of hydrogen-bond acceptors (Lipinski definition) is 3. The van der Waals surface area contributed by atoms with Gasteiger partial charge in [-0.25, -0.2) is 9.97 Å². The van der Waals surface area contributed by atoms with Crippen LogP contribution in [0.5, 0.6) is 0 Å². The van der Waals surface area contributed by atoms with Crippen LogP contribution in [0.3, 0.4) is 0 Å². The molecular weight excluding hydrogens is 394 g/mol. The SMILES string of the molecule is Cc1nc(I)n2nc(I)c(C)c2n1. The predicted molar refractivity (Wildman–Crippen MR) is 65.7 cm³/mol. The van der Waals surface area contributed by atoms with Crippen molar-refractivity contribution in [2.24, 2.45) is 0 Å². The van der Waals surface area contributed by atoms with Crippen molar-refractivity contribution in [3.05, 3.63) is 18.9 Å². The summed E-state index contributed by atoms with van der Waals surface area (Å²) in [5.41, 5.74) is 2.02. The molecule has 0 saturated carbocycles. The lowest BCUT2D eigenvalue weighted by Gasteiger charge is -1.97. The van der Waals surface area contributed by atoms with E-state index in [-0.39, 0.29) is 0 Å². The van der Waals surface area contributed by atoms with Gasteiger partial charge in [-0.1, -0.05) is 0 Å². The fourth-order valence-corrected chi connectivity index (χ4v) is 2.22. The number of fused-ring (bicyclic) bond motifs is 1. The zero-order valence-corrected chi connectivity index (χ0v) is 11.4. The van der Waals surface area contributed by atoms with Crippen LogP contribution in [0, 0.1) is 21.4 Å². The smallest absolute Gasteiger partial charge is 0.195 e. The minimum atomic E-state index is 0.788. The Balaban J connectivity index is 2.94. The number of hydrogen-bond donors (Lipinski definition) is 0. The van der Waals surface area contributed by atoms with Crippen LogP contribution < -0.4 is 0 Å². The van der Waals surface area contributed by atoms with Crippen LogP contribution in [0.1, 0.15) is 11.4 Å². The van der Waals surface area contributed by atoms with Crippen LogP contribution in [-0.2, 0) is 0 Å². The van der Waals surface area contributed by atoms with Gasteiger partial charge in [0.2, 0.25) is 0 Å². The second-order valence-electron chi connectivity index (χ2n) is 2.69. The fraction of sp³-hybridized carbons (Fsp3) is 0.286. The molecule has 13 heavy (non-hydrogen) atoms. The summed E-state index contributed by atoms with van der Waals surface area (Å²) in [7, 11) is 0. The maximum Gasteiger partial charge on any atom is 0.195 e. The summed E-state index contributed by atoms with van der Waals surface area (Å²) >= 11 is 4.36. The van der Waals surface area contributed by atoms with Gasteiger partial charge in [0.05, 0.1) is 0 Å². The second kappa shape index (κ2) is 3.30. The molecule has 0 atom stereocenters. The lowest BCUT2D eigenvalue weighted by molar-refractivity contribution is 0.827. The lowest BCUT2D eigenvalue weighted by atomic mass is 10.4. The molecule has 0 aliphatic carbocycles. The Morgan fingerprint density at radius 2 is 1.85 bits per heavy atom.